The summed E-state index contributed by atoms with van der Waals surface area (Å²) in [7, 11) is -3.67. The third-order valence-corrected chi connectivity index (χ3v) is 3.55. The summed E-state index contributed by atoms with van der Waals surface area (Å²) >= 11 is 0. The van der Waals surface area contributed by atoms with E-state index in [2.05, 4.69) is 19.2 Å². The highest BCUT2D eigenvalue weighted by atomic mass is 32.2. The zero-order valence-corrected chi connectivity index (χ0v) is 10.6. The standard InChI is InChI=1S/C11H18N2O2S/c1-8(2)9(3)13-10-6-4-5-7-11(10)16(12,14)15/h4-9,13H,1-3H3,(H2,12,14,15). The highest BCUT2D eigenvalue weighted by molar-refractivity contribution is 7.89. The van der Waals surface area contributed by atoms with Gasteiger partial charge in [-0.05, 0) is 25.0 Å². The van der Waals surface area contributed by atoms with Gasteiger partial charge in [0, 0.05) is 6.04 Å². The Hall–Kier alpha value is -1.07. The molecule has 0 aliphatic rings. The molecular weight excluding hydrogens is 224 g/mol. The molecule has 0 saturated carbocycles. The van der Waals surface area contributed by atoms with Gasteiger partial charge in [0.15, 0.2) is 0 Å². The highest BCUT2D eigenvalue weighted by Crippen LogP contribution is 2.21. The molecule has 0 amide bonds. The molecule has 1 aromatic rings. The fourth-order valence-corrected chi connectivity index (χ4v) is 1.95. The van der Waals surface area contributed by atoms with Crippen LogP contribution in [0, 0.1) is 5.92 Å². The molecule has 0 radical (unpaired) electrons. The fraction of sp³-hybridized carbons (Fsp3) is 0.455. The quantitative estimate of drug-likeness (QED) is 0.845. The highest BCUT2D eigenvalue weighted by Gasteiger charge is 2.15. The molecule has 0 saturated heterocycles. The molecule has 0 heterocycles. The topological polar surface area (TPSA) is 72.2 Å². The van der Waals surface area contributed by atoms with Gasteiger partial charge in [-0.3, -0.25) is 0 Å². The Morgan fingerprint density at radius 3 is 2.25 bits per heavy atom. The SMILES string of the molecule is CC(C)C(C)Nc1ccccc1S(N)(=O)=O. The van der Waals surface area contributed by atoms with Gasteiger partial charge in [0.05, 0.1) is 5.69 Å². The number of sulfonamides is 1. The van der Waals surface area contributed by atoms with Crippen molar-refractivity contribution in [2.45, 2.75) is 31.7 Å². The van der Waals surface area contributed by atoms with Crippen molar-refractivity contribution in [3.63, 3.8) is 0 Å². The van der Waals surface area contributed by atoms with Crippen LogP contribution in [0.3, 0.4) is 0 Å². The van der Waals surface area contributed by atoms with E-state index in [1.165, 1.54) is 6.07 Å². The summed E-state index contributed by atoms with van der Waals surface area (Å²) in [5.41, 5.74) is 0.561. The summed E-state index contributed by atoms with van der Waals surface area (Å²) in [6.07, 6.45) is 0. The second-order valence-electron chi connectivity index (χ2n) is 4.22. The van der Waals surface area contributed by atoms with Crippen LogP contribution in [0.15, 0.2) is 29.2 Å². The van der Waals surface area contributed by atoms with Crippen LogP contribution in [-0.4, -0.2) is 14.5 Å². The Balaban J connectivity index is 3.06. The maximum atomic E-state index is 11.3. The fourth-order valence-electron chi connectivity index (χ4n) is 1.25. The summed E-state index contributed by atoms with van der Waals surface area (Å²) in [5, 5.41) is 8.30. The maximum Gasteiger partial charge on any atom is 0.240 e. The van der Waals surface area contributed by atoms with Crippen LogP contribution < -0.4 is 10.5 Å². The van der Waals surface area contributed by atoms with Crippen LogP contribution in [0.25, 0.3) is 0 Å². The van der Waals surface area contributed by atoms with Crippen LogP contribution in [0.1, 0.15) is 20.8 Å². The molecule has 0 bridgehead atoms. The molecule has 0 aromatic heterocycles. The first kappa shape index (κ1) is 13.0. The zero-order valence-electron chi connectivity index (χ0n) is 9.77. The van der Waals surface area contributed by atoms with E-state index < -0.39 is 10.0 Å². The van der Waals surface area contributed by atoms with Crippen molar-refractivity contribution in [1.29, 1.82) is 0 Å². The van der Waals surface area contributed by atoms with Gasteiger partial charge in [0.2, 0.25) is 10.0 Å². The second kappa shape index (κ2) is 4.84. The Morgan fingerprint density at radius 2 is 1.75 bits per heavy atom. The summed E-state index contributed by atoms with van der Waals surface area (Å²) in [5.74, 6) is 0.411. The number of benzene rings is 1. The van der Waals surface area contributed by atoms with E-state index in [9.17, 15) is 8.42 Å². The number of hydrogen-bond acceptors (Lipinski definition) is 3. The summed E-state index contributed by atoms with van der Waals surface area (Å²) in [4.78, 5) is 0.141. The maximum absolute atomic E-state index is 11.3. The van der Waals surface area contributed by atoms with Gasteiger partial charge in [0.25, 0.3) is 0 Å². The van der Waals surface area contributed by atoms with E-state index in [1.54, 1.807) is 18.2 Å². The molecule has 0 spiro atoms. The Bertz CT molecular complexity index is 455. The smallest absolute Gasteiger partial charge is 0.240 e. The van der Waals surface area contributed by atoms with Crippen LogP contribution >= 0.6 is 0 Å². The summed E-state index contributed by atoms with van der Waals surface area (Å²) in [6, 6.07) is 6.85. The van der Waals surface area contributed by atoms with Gasteiger partial charge in [-0.15, -0.1) is 0 Å². The number of nitrogens with two attached hydrogens (primary N) is 1. The van der Waals surface area contributed by atoms with Crippen molar-refractivity contribution in [3.8, 4) is 0 Å². The second-order valence-corrected chi connectivity index (χ2v) is 5.75. The Kier molecular flexibility index (Phi) is 3.93. The molecule has 1 aromatic carbocycles. The molecule has 0 fully saturated rings. The van der Waals surface area contributed by atoms with Gasteiger partial charge in [-0.1, -0.05) is 26.0 Å². The van der Waals surface area contributed by atoms with Gasteiger partial charge in [-0.25, -0.2) is 13.6 Å². The van der Waals surface area contributed by atoms with Gasteiger partial charge < -0.3 is 5.32 Å². The van der Waals surface area contributed by atoms with Crippen molar-refractivity contribution in [3.05, 3.63) is 24.3 Å². The van der Waals surface area contributed by atoms with Crippen LogP contribution in [-0.2, 0) is 10.0 Å². The largest absolute Gasteiger partial charge is 0.381 e. The molecule has 4 nitrogen and oxygen atoms in total. The van der Waals surface area contributed by atoms with E-state index in [1.807, 2.05) is 6.92 Å². The third kappa shape index (κ3) is 3.21. The number of hydrogen-bond donors (Lipinski definition) is 2. The minimum atomic E-state index is -3.67. The first-order valence-electron chi connectivity index (χ1n) is 5.20. The lowest BCUT2D eigenvalue weighted by Crippen LogP contribution is -2.24. The summed E-state index contributed by atoms with van der Waals surface area (Å²) in [6.45, 7) is 6.14. The monoisotopic (exact) mass is 242 g/mol. The molecule has 0 aliphatic heterocycles. The average Bonchev–Trinajstić information content (AvgIpc) is 2.16. The van der Waals surface area contributed by atoms with E-state index >= 15 is 0 Å². The predicted molar refractivity (Wildman–Crippen MR) is 65.7 cm³/mol. The zero-order chi connectivity index (χ0) is 12.3. The number of primary sulfonamides is 1. The molecule has 3 N–H and O–H groups in total. The number of para-hydroxylation sites is 1. The molecule has 1 atom stereocenters. The lowest BCUT2D eigenvalue weighted by atomic mass is 10.1. The molecule has 0 aliphatic carbocycles. The molecule has 16 heavy (non-hydrogen) atoms. The minimum Gasteiger partial charge on any atom is -0.381 e. The van der Waals surface area contributed by atoms with Gasteiger partial charge in [0.1, 0.15) is 4.90 Å². The first-order chi connectivity index (χ1) is 7.32. The van der Waals surface area contributed by atoms with E-state index in [0.717, 1.165) is 0 Å². The van der Waals surface area contributed by atoms with Crippen LogP contribution in [0.2, 0.25) is 0 Å². The van der Waals surface area contributed by atoms with E-state index in [-0.39, 0.29) is 10.9 Å². The number of anilines is 1. The summed E-state index contributed by atoms with van der Waals surface area (Å²) < 4.78 is 22.7. The van der Waals surface area contributed by atoms with Crippen molar-refractivity contribution in [2.24, 2.45) is 11.1 Å². The van der Waals surface area contributed by atoms with Crippen LogP contribution in [0.4, 0.5) is 5.69 Å². The van der Waals surface area contributed by atoms with E-state index in [0.29, 0.717) is 11.6 Å². The molecule has 90 valence electrons. The van der Waals surface area contributed by atoms with Crippen molar-refractivity contribution in [2.75, 3.05) is 5.32 Å². The first-order valence-corrected chi connectivity index (χ1v) is 6.75. The van der Waals surface area contributed by atoms with Crippen molar-refractivity contribution < 1.29 is 8.42 Å². The van der Waals surface area contributed by atoms with Crippen LogP contribution in [0.5, 0.6) is 0 Å². The van der Waals surface area contributed by atoms with Crippen molar-refractivity contribution >= 4 is 15.7 Å². The lowest BCUT2D eigenvalue weighted by Gasteiger charge is -2.20. The van der Waals surface area contributed by atoms with E-state index in [4.69, 9.17) is 5.14 Å². The lowest BCUT2D eigenvalue weighted by molar-refractivity contribution is 0.558. The number of nitrogens with one attached hydrogen (secondary N) is 1. The third-order valence-electron chi connectivity index (χ3n) is 2.58. The molecule has 5 heteroatoms. The predicted octanol–water partition coefficient (Wildman–Crippen LogP) is 1.79. The normalized spacial score (nSPS) is 13.8. The van der Waals surface area contributed by atoms with Gasteiger partial charge in [-0.2, -0.15) is 0 Å². The minimum absolute atomic E-state index is 0.141. The van der Waals surface area contributed by atoms with Crippen molar-refractivity contribution in [1.82, 2.24) is 0 Å². The number of rotatable bonds is 4. The Labute approximate surface area is 96.9 Å². The Morgan fingerprint density at radius 1 is 1.19 bits per heavy atom. The average molecular weight is 242 g/mol. The molecule has 1 rings (SSSR count). The molecule has 1 unspecified atom stereocenters. The molecular formula is C11H18N2O2S. The van der Waals surface area contributed by atoms with Gasteiger partial charge >= 0.3 is 0 Å².